The van der Waals surface area contributed by atoms with Crippen molar-refractivity contribution >= 4 is 22.7 Å². The van der Waals surface area contributed by atoms with E-state index >= 15 is 0 Å². The smallest absolute Gasteiger partial charge is 0.150 e. The molecule has 0 heterocycles. The lowest BCUT2D eigenvalue weighted by Crippen LogP contribution is -1.94. The van der Waals surface area contributed by atoms with Gasteiger partial charge in [-0.1, -0.05) is 24.3 Å². The van der Waals surface area contributed by atoms with Gasteiger partial charge in [0.05, 0.1) is 11.4 Å². The van der Waals surface area contributed by atoms with Crippen LogP contribution >= 0.6 is 0 Å². The van der Waals surface area contributed by atoms with Crippen molar-refractivity contribution in [2.24, 2.45) is 0 Å². The monoisotopic (exact) mass is 398 g/mol. The molecule has 0 fully saturated rings. The Balaban J connectivity index is 1.46. The first kappa shape index (κ1) is 19.0. The van der Waals surface area contributed by atoms with Gasteiger partial charge in [-0.2, -0.15) is 0 Å². The maximum atomic E-state index is 5.95. The van der Waals surface area contributed by atoms with E-state index < -0.39 is 0 Å². The van der Waals surface area contributed by atoms with E-state index in [1.807, 2.05) is 48.5 Å². The second kappa shape index (κ2) is 7.97. The summed E-state index contributed by atoms with van der Waals surface area (Å²) in [5.74, 6) is 2.52. The van der Waals surface area contributed by atoms with Crippen molar-refractivity contribution in [1.82, 2.24) is 0 Å². The molecule has 0 atom stereocenters. The Morgan fingerprint density at radius 2 is 0.800 bits per heavy atom. The predicted molar refractivity (Wildman–Crippen MR) is 123 cm³/mol. The molecule has 6 heteroatoms. The van der Waals surface area contributed by atoms with Crippen LogP contribution < -0.4 is 32.4 Å². The van der Waals surface area contributed by atoms with Gasteiger partial charge in [0.15, 0.2) is 0 Å². The summed E-state index contributed by atoms with van der Waals surface area (Å²) in [6.45, 7) is 0. The first-order valence-corrected chi connectivity index (χ1v) is 9.34. The number of anilines is 4. The third-order valence-electron chi connectivity index (χ3n) is 4.57. The van der Waals surface area contributed by atoms with Crippen molar-refractivity contribution in [3.05, 3.63) is 84.9 Å². The second-order valence-corrected chi connectivity index (χ2v) is 6.85. The van der Waals surface area contributed by atoms with Gasteiger partial charge < -0.3 is 32.4 Å². The van der Waals surface area contributed by atoms with Gasteiger partial charge in [0.2, 0.25) is 0 Å². The number of nitrogens with two attached hydrogens (primary N) is 4. The summed E-state index contributed by atoms with van der Waals surface area (Å²) in [4.78, 5) is 0. The summed E-state index contributed by atoms with van der Waals surface area (Å²) in [5.41, 5.74) is 27.6. The molecular formula is C24H22N4O2. The van der Waals surface area contributed by atoms with Crippen LogP contribution in [-0.2, 0) is 0 Å². The fraction of sp³-hybridized carbons (Fsp3) is 0. The molecule has 0 amide bonds. The molecule has 0 aliphatic carbocycles. The van der Waals surface area contributed by atoms with E-state index in [4.69, 9.17) is 32.4 Å². The molecule has 0 radical (unpaired) electrons. The zero-order valence-corrected chi connectivity index (χ0v) is 16.2. The summed E-state index contributed by atoms with van der Waals surface area (Å²) < 4.78 is 11.7. The van der Waals surface area contributed by atoms with Crippen LogP contribution in [0.1, 0.15) is 0 Å². The molecule has 6 nitrogen and oxygen atoms in total. The zero-order valence-electron chi connectivity index (χ0n) is 16.2. The SMILES string of the molecule is Nc1ccc(Oc2ccc(-c3ccc(Oc4ccc(N)cc4N)cc3)cc2)c(N)c1. The largest absolute Gasteiger partial charge is 0.455 e. The van der Waals surface area contributed by atoms with Crippen molar-refractivity contribution in [1.29, 1.82) is 0 Å². The molecular weight excluding hydrogens is 376 g/mol. The maximum Gasteiger partial charge on any atom is 0.150 e. The third kappa shape index (κ3) is 4.23. The number of rotatable bonds is 5. The highest BCUT2D eigenvalue weighted by Gasteiger charge is 2.06. The number of hydrogen-bond acceptors (Lipinski definition) is 6. The van der Waals surface area contributed by atoms with Crippen LogP contribution in [0, 0.1) is 0 Å². The highest BCUT2D eigenvalue weighted by atomic mass is 16.5. The Morgan fingerprint density at radius 1 is 0.433 bits per heavy atom. The Morgan fingerprint density at radius 3 is 1.13 bits per heavy atom. The first-order chi connectivity index (χ1) is 14.5. The van der Waals surface area contributed by atoms with E-state index in [-0.39, 0.29) is 0 Å². The lowest BCUT2D eigenvalue weighted by molar-refractivity contribution is 0.485. The third-order valence-corrected chi connectivity index (χ3v) is 4.57. The number of hydrogen-bond donors (Lipinski definition) is 4. The zero-order chi connectivity index (χ0) is 21.1. The van der Waals surface area contributed by atoms with Gasteiger partial charge in [-0.15, -0.1) is 0 Å². The predicted octanol–water partition coefficient (Wildman–Crippen LogP) is 5.27. The number of nitrogen functional groups attached to an aromatic ring is 4. The molecule has 0 spiro atoms. The highest BCUT2D eigenvalue weighted by Crippen LogP contribution is 2.32. The molecule has 8 N–H and O–H groups in total. The normalized spacial score (nSPS) is 10.5. The van der Waals surface area contributed by atoms with Gasteiger partial charge in [-0.3, -0.25) is 0 Å². The molecule has 0 unspecified atom stereocenters. The lowest BCUT2D eigenvalue weighted by Gasteiger charge is -2.11. The Hall–Kier alpha value is -4.32. The lowest BCUT2D eigenvalue weighted by atomic mass is 10.1. The van der Waals surface area contributed by atoms with Crippen molar-refractivity contribution in [3.8, 4) is 34.1 Å². The minimum atomic E-state index is 0.497. The van der Waals surface area contributed by atoms with Gasteiger partial charge >= 0.3 is 0 Å². The van der Waals surface area contributed by atoms with Crippen LogP contribution in [0.4, 0.5) is 22.7 Å². The maximum absolute atomic E-state index is 5.95. The fourth-order valence-corrected chi connectivity index (χ4v) is 3.00. The average Bonchev–Trinajstić information content (AvgIpc) is 2.73. The van der Waals surface area contributed by atoms with Crippen LogP contribution in [0.5, 0.6) is 23.0 Å². The standard InChI is InChI=1S/C24H22N4O2/c25-17-5-11-23(21(27)13-17)29-19-7-1-15(2-8-19)16-3-9-20(10-4-16)30-24-12-6-18(26)14-22(24)28/h1-14H,25-28H2. The fourth-order valence-electron chi connectivity index (χ4n) is 3.00. The molecule has 30 heavy (non-hydrogen) atoms. The van der Waals surface area contributed by atoms with Crippen LogP contribution in [0.25, 0.3) is 11.1 Å². The summed E-state index contributed by atoms with van der Waals surface area (Å²) in [6, 6.07) is 25.9. The molecule has 0 aliphatic heterocycles. The molecule has 0 aliphatic rings. The second-order valence-electron chi connectivity index (χ2n) is 6.85. The van der Waals surface area contributed by atoms with Gasteiger partial charge in [0.1, 0.15) is 23.0 Å². The molecule has 4 rings (SSSR count). The van der Waals surface area contributed by atoms with Crippen molar-refractivity contribution in [2.75, 3.05) is 22.9 Å². The topological polar surface area (TPSA) is 123 Å². The van der Waals surface area contributed by atoms with E-state index in [2.05, 4.69) is 0 Å². The van der Waals surface area contributed by atoms with E-state index in [9.17, 15) is 0 Å². The minimum Gasteiger partial charge on any atom is -0.455 e. The molecule has 150 valence electrons. The average molecular weight is 398 g/mol. The van der Waals surface area contributed by atoms with Gasteiger partial charge in [0.25, 0.3) is 0 Å². The van der Waals surface area contributed by atoms with Gasteiger partial charge in [-0.05, 0) is 71.8 Å². The van der Waals surface area contributed by atoms with E-state index in [1.165, 1.54) is 0 Å². The van der Waals surface area contributed by atoms with E-state index in [0.717, 1.165) is 11.1 Å². The minimum absolute atomic E-state index is 0.497. The van der Waals surface area contributed by atoms with Gasteiger partial charge in [-0.25, -0.2) is 0 Å². The first-order valence-electron chi connectivity index (χ1n) is 9.34. The summed E-state index contributed by atoms with van der Waals surface area (Å²) >= 11 is 0. The number of benzene rings is 4. The molecule has 0 aromatic heterocycles. The Labute approximate surface area is 174 Å². The quantitative estimate of drug-likeness (QED) is 0.340. The summed E-state index contributed by atoms with van der Waals surface area (Å²) in [6.07, 6.45) is 0. The van der Waals surface area contributed by atoms with Crippen molar-refractivity contribution in [2.45, 2.75) is 0 Å². The van der Waals surface area contributed by atoms with Gasteiger partial charge in [0, 0.05) is 11.4 Å². The van der Waals surface area contributed by atoms with Crippen LogP contribution in [-0.4, -0.2) is 0 Å². The Bertz CT molecular complexity index is 1080. The molecule has 0 bridgehead atoms. The van der Waals surface area contributed by atoms with Crippen molar-refractivity contribution < 1.29 is 9.47 Å². The molecule has 4 aromatic rings. The van der Waals surface area contributed by atoms with Crippen LogP contribution in [0.3, 0.4) is 0 Å². The Kier molecular flexibility index (Phi) is 5.05. The summed E-state index contributed by atoms with van der Waals surface area (Å²) in [5, 5.41) is 0. The van der Waals surface area contributed by atoms with Crippen LogP contribution in [0.2, 0.25) is 0 Å². The van der Waals surface area contributed by atoms with E-state index in [1.54, 1.807) is 36.4 Å². The van der Waals surface area contributed by atoms with Crippen molar-refractivity contribution in [3.63, 3.8) is 0 Å². The molecule has 4 aromatic carbocycles. The van der Waals surface area contributed by atoms with Crippen LogP contribution in [0.15, 0.2) is 84.9 Å². The molecule has 0 saturated carbocycles. The highest BCUT2D eigenvalue weighted by molar-refractivity contribution is 5.66. The number of ether oxygens (including phenoxy) is 2. The summed E-state index contributed by atoms with van der Waals surface area (Å²) in [7, 11) is 0. The van der Waals surface area contributed by atoms with E-state index in [0.29, 0.717) is 45.7 Å². The molecule has 0 saturated heterocycles.